The molecule has 1 aromatic carbocycles. The molecule has 2 aliphatic rings. The van der Waals surface area contributed by atoms with Crippen LogP contribution in [0.3, 0.4) is 0 Å². The van der Waals surface area contributed by atoms with Crippen molar-refractivity contribution in [1.29, 1.82) is 0 Å². The molecule has 152 valence electrons. The third-order valence-corrected chi connectivity index (χ3v) is 5.55. The molecule has 2 N–H and O–H groups in total. The summed E-state index contributed by atoms with van der Waals surface area (Å²) in [4.78, 5) is 32.8. The highest BCUT2D eigenvalue weighted by Crippen LogP contribution is 2.23. The first-order chi connectivity index (χ1) is 14.1. The highest BCUT2D eigenvalue weighted by atomic mass is 19.1. The molecule has 7 nitrogen and oxygen atoms in total. The molecule has 1 aromatic heterocycles. The van der Waals surface area contributed by atoms with Gasteiger partial charge in [-0.05, 0) is 35.7 Å². The normalized spacial score (nSPS) is 22.0. The lowest BCUT2D eigenvalue weighted by Gasteiger charge is -2.36. The fraction of sp³-hybridized carbons (Fsp3) is 0.381. The molecule has 2 fully saturated rings. The van der Waals surface area contributed by atoms with Crippen LogP contribution in [0.1, 0.15) is 23.6 Å². The predicted octanol–water partition coefficient (Wildman–Crippen LogP) is 1.04. The van der Waals surface area contributed by atoms with Gasteiger partial charge in [0.1, 0.15) is 11.9 Å². The van der Waals surface area contributed by atoms with Crippen molar-refractivity contribution >= 4 is 11.8 Å². The zero-order valence-electron chi connectivity index (χ0n) is 16.1. The highest BCUT2D eigenvalue weighted by molar-refractivity contribution is 5.83. The molecule has 0 aliphatic carbocycles. The second-order valence-electron chi connectivity index (χ2n) is 7.38. The zero-order chi connectivity index (χ0) is 20.2. The zero-order valence-corrected chi connectivity index (χ0v) is 16.1. The Morgan fingerprint density at radius 2 is 1.69 bits per heavy atom. The molecule has 2 unspecified atom stereocenters. The lowest BCUT2D eigenvalue weighted by Crippen LogP contribution is -2.55. The Hall–Kier alpha value is -2.84. The molecule has 29 heavy (non-hydrogen) atoms. The number of nitrogens with zero attached hydrogens (tertiary/aromatic N) is 3. The van der Waals surface area contributed by atoms with Crippen LogP contribution >= 0.6 is 0 Å². The first-order valence-electron chi connectivity index (χ1n) is 9.83. The van der Waals surface area contributed by atoms with Crippen molar-refractivity contribution in [2.75, 3.05) is 26.2 Å². The number of piperazine rings is 1. The summed E-state index contributed by atoms with van der Waals surface area (Å²) >= 11 is 0. The van der Waals surface area contributed by atoms with Crippen LogP contribution in [-0.2, 0) is 16.0 Å². The van der Waals surface area contributed by atoms with E-state index in [4.69, 9.17) is 0 Å². The van der Waals surface area contributed by atoms with Gasteiger partial charge in [-0.15, -0.1) is 0 Å². The van der Waals surface area contributed by atoms with Gasteiger partial charge < -0.3 is 9.80 Å². The molecule has 0 spiro atoms. The second kappa shape index (κ2) is 8.67. The predicted molar refractivity (Wildman–Crippen MR) is 105 cm³/mol. The monoisotopic (exact) mass is 397 g/mol. The lowest BCUT2D eigenvalue weighted by molar-refractivity contribution is -0.140. The number of pyridine rings is 1. The summed E-state index contributed by atoms with van der Waals surface area (Å²) in [6.45, 7) is 1.90. The van der Waals surface area contributed by atoms with Crippen LogP contribution < -0.4 is 10.9 Å². The van der Waals surface area contributed by atoms with E-state index in [1.165, 1.54) is 6.07 Å². The smallest absolute Gasteiger partial charge is 0.241 e. The molecule has 2 saturated heterocycles. The van der Waals surface area contributed by atoms with Gasteiger partial charge in [0.05, 0.1) is 6.42 Å². The molecule has 2 amide bonds. The number of carbonyl (C=O) groups excluding carboxylic acids is 2. The molecule has 2 aliphatic heterocycles. The van der Waals surface area contributed by atoms with E-state index in [1.807, 2.05) is 12.1 Å². The Kier molecular flexibility index (Phi) is 5.82. The van der Waals surface area contributed by atoms with Crippen LogP contribution in [0, 0.1) is 5.82 Å². The van der Waals surface area contributed by atoms with Crippen molar-refractivity contribution in [3.05, 3.63) is 65.7 Å². The number of hydrazine groups is 1. The van der Waals surface area contributed by atoms with Gasteiger partial charge >= 0.3 is 0 Å². The van der Waals surface area contributed by atoms with Crippen LogP contribution in [-0.4, -0.2) is 58.8 Å². The molecule has 0 radical (unpaired) electrons. The molecular weight excluding hydrogens is 373 g/mol. The van der Waals surface area contributed by atoms with Crippen molar-refractivity contribution in [3.8, 4) is 0 Å². The number of nitrogens with one attached hydrogen (secondary N) is 2. The first kappa shape index (κ1) is 19.5. The lowest BCUT2D eigenvalue weighted by atomic mass is 10.0. The maximum absolute atomic E-state index is 13.8. The van der Waals surface area contributed by atoms with Crippen LogP contribution in [0.5, 0.6) is 0 Å². The number of aromatic nitrogens is 1. The molecule has 0 bridgehead atoms. The average molecular weight is 397 g/mol. The third kappa shape index (κ3) is 4.44. The topological polar surface area (TPSA) is 77.6 Å². The van der Waals surface area contributed by atoms with E-state index < -0.39 is 0 Å². The van der Waals surface area contributed by atoms with E-state index in [9.17, 15) is 14.0 Å². The summed E-state index contributed by atoms with van der Waals surface area (Å²) < 4.78 is 13.8. The Bertz CT molecular complexity index is 870. The first-order valence-corrected chi connectivity index (χ1v) is 9.83. The summed E-state index contributed by atoms with van der Waals surface area (Å²) in [5, 5.41) is 0. The molecule has 2 atom stereocenters. The second-order valence-corrected chi connectivity index (χ2v) is 7.38. The number of amides is 2. The number of benzene rings is 1. The minimum atomic E-state index is -0.363. The summed E-state index contributed by atoms with van der Waals surface area (Å²) in [5.41, 5.74) is 7.76. The van der Waals surface area contributed by atoms with Gasteiger partial charge in [-0.2, -0.15) is 0 Å². The number of hydrogen-bond acceptors (Lipinski definition) is 5. The van der Waals surface area contributed by atoms with Crippen molar-refractivity contribution in [2.45, 2.75) is 24.9 Å². The van der Waals surface area contributed by atoms with Crippen LogP contribution in [0.15, 0.2) is 48.8 Å². The molecular formula is C21H24FN5O2. The van der Waals surface area contributed by atoms with Crippen LogP contribution in [0.25, 0.3) is 0 Å². The molecule has 2 aromatic rings. The minimum absolute atomic E-state index is 0.0373. The fourth-order valence-corrected chi connectivity index (χ4v) is 3.85. The Labute approximate surface area is 168 Å². The average Bonchev–Trinajstić information content (AvgIpc) is 3.26. The van der Waals surface area contributed by atoms with Gasteiger partial charge in [0.2, 0.25) is 11.8 Å². The maximum atomic E-state index is 13.8. The van der Waals surface area contributed by atoms with E-state index in [1.54, 1.807) is 40.4 Å². The van der Waals surface area contributed by atoms with Crippen molar-refractivity contribution in [2.24, 2.45) is 0 Å². The van der Waals surface area contributed by atoms with Gasteiger partial charge in [0.25, 0.3) is 0 Å². The van der Waals surface area contributed by atoms with Crippen molar-refractivity contribution < 1.29 is 14.0 Å². The van der Waals surface area contributed by atoms with Gasteiger partial charge in [0.15, 0.2) is 0 Å². The van der Waals surface area contributed by atoms with E-state index in [2.05, 4.69) is 15.8 Å². The van der Waals surface area contributed by atoms with E-state index in [0.29, 0.717) is 38.2 Å². The standard InChI is InChI=1S/C21H24FN5O2/c22-17-4-2-1-3-16(17)13-20(28)26-9-11-27(12-10-26)21(29)19-14-18(24-25-19)15-5-7-23-8-6-15/h1-8,18-19,24-25H,9-14H2. The van der Waals surface area contributed by atoms with E-state index in [-0.39, 0.29) is 36.1 Å². The highest BCUT2D eigenvalue weighted by Gasteiger charge is 2.34. The number of rotatable bonds is 4. The number of halogens is 1. The Morgan fingerprint density at radius 3 is 2.41 bits per heavy atom. The largest absolute Gasteiger partial charge is 0.339 e. The third-order valence-electron chi connectivity index (χ3n) is 5.55. The van der Waals surface area contributed by atoms with Crippen LogP contribution in [0.2, 0.25) is 0 Å². The fourth-order valence-electron chi connectivity index (χ4n) is 3.85. The quantitative estimate of drug-likeness (QED) is 0.806. The number of carbonyl (C=O) groups is 2. The Balaban J connectivity index is 1.28. The molecule has 3 heterocycles. The van der Waals surface area contributed by atoms with E-state index in [0.717, 1.165) is 5.56 Å². The minimum Gasteiger partial charge on any atom is -0.339 e. The van der Waals surface area contributed by atoms with Gasteiger partial charge in [-0.1, -0.05) is 18.2 Å². The van der Waals surface area contributed by atoms with Crippen LogP contribution in [0.4, 0.5) is 4.39 Å². The summed E-state index contributed by atoms with van der Waals surface area (Å²) in [6, 6.07) is 9.97. The summed E-state index contributed by atoms with van der Waals surface area (Å²) in [5.74, 6) is -0.436. The SMILES string of the molecule is O=C(Cc1ccccc1F)N1CCN(C(=O)C2CC(c3ccncc3)NN2)CC1. The number of hydrogen-bond donors (Lipinski definition) is 2. The van der Waals surface area contributed by atoms with Crippen molar-refractivity contribution in [1.82, 2.24) is 25.6 Å². The summed E-state index contributed by atoms with van der Waals surface area (Å²) in [6.07, 6.45) is 4.19. The molecule has 8 heteroatoms. The van der Waals surface area contributed by atoms with E-state index >= 15 is 0 Å². The Morgan fingerprint density at radius 1 is 1.00 bits per heavy atom. The van der Waals surface area contributed by atoms with Gasteiger partial charge in [-0.3, -0.25) is 14.6 Å². The van der Waals surface area contributed by atoms with Gasteiger partial charge in [0, 0.05) is 44.6 Å². The molecule has 4 rings (SSSR count). The maximum Gasteiger partial charge on any atom is 0.241 e. The van der Waals surface area contributed by atoms with Crippen molar-refractivity contribution in [3.63, 3.8) is 0 Å². The van der Waals surface area contributed by atoms with Gasteiger partial charge in [-0.25, -0.2) is 15.2 Å². The summed E-state index contributed by atoms with van der Waals surface area (Å²) in [7, 11) is 0. The molecule has 0 saturated carbocycles.